The average Bonchev–Trinajstić information content (AvgIpc) is 2.22. The SMILES string of the molecule is CC1(NC(=O)OC(C)(C)C)C=CC=CC(N)=C1. The van der Waals surface area contributed by atoms with Gasteiger partial charge < -0.3 is 15.8 Å². The van der Waals surface area contributed by atoms with Crippen LogP contribution in [0.3, 0.4) is 0 Å². The van der Waals surface area contributed by atoms with Gasteiger partial charge in [0.25, 0.3) is 0 Å². The van der Waals surface area contributed by atoms with Gasteiger partial charge >= 0.3 is 6.09 Å². The summed E-state index contributed by atoms with van der Waals surface area (Å²) in [6.07, 6.45) is 8.61. The number of nitrogens with two attached hydrogens (primary N) is 1. The Morgan fingerprint density at radius 2 is 2.06 bits per heavy atom. The highest BCUT2D eigenvalue weighted by atomic mass is 16.6. The van der Waals surface area contributed by atoms with Crippen molar-refractivity contribution in [2.45, 2.75) is 38.8 Å². The summed E-state index contributed by atoms with van der Waals surface area (Å²) in [5, 5.41) is 2.78. The number of rotatable bonds is 1. The molecule has 0 heterocycles. The van der Waals surface area contributed by atoms with Gasteiger partial charge in [-0.3, -0.25) is 0 Å². The van der Waals surface area contributed by atoms with Gasteiger partial charge in [-0.1, -0.05) is 18.2 Å². The molecule has 0 fully saturated rings. The third-order valence-corrected chi connectivity index (χ3v) is 2.08. The molecule has 17 heavy (non-hydrogen) atoms. The first-order valence-corrected chi connectivity index (χ1v) is 5.56. The highest BCUT2D eigenvalue weighted by Crippen LogP contribution is 2.15. The second kappa shape index (κ2) is 4.65. The molecule has 1 unspecified atom stereocenters. The van der Waals surface area contributed by atoms with E-state index in [1.807, 2.05) is 45.9 Å². The summed E-state index contributed by atoms with van der Waals surface area (Å²) < 4.78 is 5.21. The molecule has 0 aromatic carbocycles. The van der Waals surface area contributed by atoms with Crippen molar-refractivity contribution in [1.29, 1.82) is 0 Å². The van der Waals surface area contributed by atoms with Gasteiger partial charge in [0.15, 0.2) is 0 Å². The lowest BCUT2D eigenvalue weighted by Gasteiger charge is -2.27. The standard InChI is InChI=1S/C13H20N2O2/c1-12(2,3)17-11(16)15-13(4)8-6-5-7-10(14)9-13/h5-9H,14H2,1-4H3,(H,15,16). The first kappa shape index (κ1) is 13.4. The Bertz CT molecular complexity index is 389. The lowest BCUT2D eigenvalue weighted by Crippen LogP contribution is -2.45. The number of alkyl carbamates (subject to hydrolysis) is 1. The number of allylic oxidation sites excluding steroid dienone is 3. The van der Waals surface area contributed by atoms with Gasteiger partial charge in [0.05, 0.1) is 5.54 Å². The van der Waals surface area contributed by atoms with Crippen molar-refractivity contribution in [3.8, 4) is 0 Å². The zero-order valence-electron chi connectivity index (χ0n) is 10.8. The zero-order chi connectivity index (χ0) is 13.1. The van der Waals surface area contributed by atoms with Crippen LogP contribution < -0.4 is 11.1 Å². The van der Waals surface area contributed by atoms with Crippen LogP contribution in [0, 0.1) is 0 Å². The average molecular weight is 236 g/mol. The minimum absolute atomic E-state index is 0.462. The predicted molar refractivity (Wildman–Crippen MR) is 68.3 cm³/mol. The predicted octanol–water partition coefficient (Wildman–Crippen LogP) is 2.24. The maximum absolute atomic E-state index is 11.7. The van der Waals surface area contributed by atoms with Crippen molar-refractivity contribution in [2.24, 2.45) is 5.73 Å². The molecule has 1 atom stereocenters. The fraction of sp³-hybridized carbons (Fsp3) is 0.462. The van der Waals surface area contributed by atoms with Gasteiger partial charge in [0.1, 0.15) is 5.60 Å². The second-order valence-corrected chi connectivity index (χ2v) is 5.27. The molecule has 1 aliphatic rings. The largest absolute Gasteiger partial charge is 0.444 e. The van der Waals surface area contributed by atoms with E-state index in [0.717, 1.165) is 0 Å². The van der Waals surface area contributed by atoms with Crippen LogP contribution in [0.5, 0.6) is 0 Å². The molecule has 4 nitrogen and oxygen atoms in total. The second-order valence-electron chi connectivity index (χ2n) is 5.27. The number of nitrogens with one attached hydrogen (secondary N) is 1. The van der Waals surface area contributed by atoms with Crippen molar-refractivity contribution >= 4 is 6.09 Å². The lowest BCUT2D eigenvalue weighted by molar-refractivity contribution is 0.0499. The third kappa shape index (κ3) is 4.76. The number of amides is 1. The van der Waals surface area contributed by atoms with E-state index in [1.165, 1.54) is 0 Å². The first-order valence-electron chi connectivity index (χ1n) is 5.56. The van der Waals surface area contributed by atoms with Gasteiger partial charge in [-0.15, -0.1) is 0 Å². The van der Waals surface area contributed by atoms with Crippen LogP contribution in [0.4, 0.5) is 4.79 Å². The number of hydrogen-bond acceptors (Lipinski definition) is 3. The molecular weight excluding hydrogens is 216 g/mol. The Kier molecular flexibility index (Phi) is 3.66. The van der Waals surface area contributed by atoms with Crippen LogP contribution in [0.1, 0.15) is 27.7 Å². The topological polar surface area (TPSA) is 64.3 Å². The van der Waals surface area contributed by atoms with E-state index in [-0.39, 0.29) is 0 Å². The summed E-state index contributed by atoms with van der Waals surface area (Å²) in [6.45, 7) is 7.32. The van der Waals surface area contributed by atoms with Crippen LogP contribution in [0.25, 0.3) is 0 Å². The minimum atomic E-state index is -0.629. The van der Waals surface area contributed by atoms with Crippen LogP contribution in [-0.2, 0) is 4.74 Å². The highest BCUT2D eigenvalue weighted by Gasteiger charge is 2.25. The van der Waals surface area contributed by atoms with Crippen molar-refractivity contribution < 1.29 is 9.53 Å². The number of carbonyl (C=O) groups is 1. The number of carbonyl (C=O) groups excluding carboxylic acids is 1. The Morgan fingerprint density at radius 3 is 2.65 bits per heavy atom. The van der Waals surface area contributed by atoms with Crippen molar-refractivity contribution in [3.63, 3.8) is 0 Å². The monoisotopic (exact) mass is 236 g/mol. The highest BCUT2D eigenvalue weighted by molar-refractivity contribution is 5.70. The molecule has 1 aliphatic carbocycles. The summed E-state index contributed by atoms with van der Waals surface area (Å²) >= 11 is 0. The molecule has 0 aromatic heterocycles. The number of ether oxygens (including phenoxy) is 1. The summed E-state index contributed by atoms with van der Waals surface area (Å²) in [7, 11) is 0. The molecule has 4 heteroatoms. The van der Waals surface area contributed by atoms with E-state index < -0.39 is 17.2 Å². The Labute approximate surface area is 102 Å². The van der Waals surface area contributed by atoms with Crippen LogP contribution in [0.2, 0.25) is 0 Å². The Morgan fingerprint density at radius 1 is 1.41 bits per heavy atom. The molecule has 1 rings (SSSR count). The maximum atomic E-state index is 11.7. The molecule has 0 saturated carbocycles. The fourth-order valence-corrected chi connectivity index (χ4v) is 1.47. The Balaban J connectivity index is 2.73. The molecule has 94 valence electrons. The molecule has 0 aromatic rings. The van der Waals surface area contributed by atoms with Crippen LogP contribution in [0.15, 0.2) is 36.1 Å². The van der Waals surface area contributed by atoms with E-state index in [2.05, 4.69) is 5.32 Å². The molecule has 0 bridgehead atoms. The maximum Gasteiger partial charge on any atom is 0.408 e. The van der Waals surface area contributed by atoms with Gasteiger partial charge in [0, 0.05) is 5.70 Å². The van der Waals surface area contributed by atoms with Gasteiger partial charge in [-0.25, -0.2) is 4.79 Å². The molecule has 0 aliphatic heterocycles. The Hall–Kier alpha value is -1.71. The number of hydrogen-bond donors (Lipinski definition) is 2. The van der Waals surface area contributed by atoms with E-state index >= 15 is 0 Å². The minimum Gasteiger partial charge on any atom is -0.444 e. The van der Waals surface area contributed by atoms with E-state index in [1.54, 1.807) is 12.2 Å². The summed E-state index contributed by atoms with van der Waals surface area (Å²) in [5.41, 5.74) is 5.22. The van der Waals surface area contributed by atoms with Gasteiger partial charge in [0.2, 0.25) is 0 Å². The molecule has 0 saturated heterocycles. The lowest BCUT2D eigenvalue weighted by atomic mass is 10.0. The third-order valence-electron chi connectivity index (χ3n) is 2.08. The quantitative estimate of drug-likeness (QED) is 0.733. The van der Waals surface area contributed by atoms with E-state index in [0.29, 0.717) is 5.70 Å². The fourth-order valence-electron chi connectivity index (χ4n) is 1.47. The van der Waals surface area contributed by atoms with Gasteiger partial charge in [-0.05, 0) is 39.8 Å². The van der Waals surface area contributed by atoms with Crippen molar-refractivity contribution in [1.82, 2.24) is 5.32 Å². The molecule has 0 radical (unpaired) electrons. The van der Waals surface area contributed by atoms with Crippen molar-refractivity contribution in [2.75, 3.05) is 0 Å². The van der Waals surface area contributed by atoms with Crippen LogP contribution in [-0.4, -0.2) is 17.2 Å². The molecular formula is C13H20N2O2. The summed E-state index contributed by atoms with van der Waals surface area (Å²) in [5.74, 6) is 0. The first-order chi connectivity index (χ1) is 7.70. The van der Waals surface area contributed by atoms with Gasteiger partial charge in [-0.2, -0.15) is 0 Å². The zero-order valence-corrected chi connectivity index (χ0v) is 10.8. The molecule has 1 amide bonds. The van der Waals surface area contributed by atoms with E-state index in [9.17, 15) is 4.79 Å². The smallest absolute Gasteiger partial charge is 0.408 e. The molecule has 0 spiro atoms. The summed E-state index contributed by atoms with van der Waals surface area (Å²) in [6, 6.07) is 0. The van der Waals surface area contributed by atoms with Crippen LogP contribution >= 0.6 is 0 Å². The van der Waals surface area contributed by atoms with E-state index in [4.69, 9.17) is 10.5 Å². The molecule has 3 N–H and O–H groups in total. The normalized spacial score (nSPS) is 23.9. The van der Waals surface area contributed by atoms with Crippen molar-refractivity contribution in [3.05, 3.63) is 36.1 Å². The summed E-state index contributed by atoms with van der Waals surface area (Å²) in [4.78, 5) is 11.7.